The lowest BCUT2D eigenvalue weighted by atomic mass is 10.1. The van der Waals surface area contributed by atoms with Crippen molar-refractivity contribution in [1.82, 2.24) is 9.97 Å². The zero-order chi connectivity index (χ0) is 15.5. The van der Waals surface area contributed by atoms with Crippen molar-refractivity contribution < 1.29 is 27.8 Å². The molecule has 1 saturated heterocycles. The van der Waals surface area contributed by atoms with Gasteiger partial charge in [0.15, 0.2) is 5.69 Å². The average molecular weight is 307 g/mol. The van der Waals surface area contributed by atoms with E-state index < -0.39 is 11.9 Å². The third-order valence-corrected chi connectivity index (χ3v) is 3.11. The Labute approximate surface area is 119 Å². The van der Waals surface area contributed by atoms with Crippen molar-refractivity contribution in [1.29, 1.82) is 0 Å². The van der Waals surface area contributed by atoms with Gasteiger partial charge in [0.2, 0.25) is 11.8 Å². The first-order valence-corrected chi connectivity index (χ1v) is 6.41. The smallest absolute Gasteiger partial charge is 0.433 e. The number of rotatable bonds is 4. The van der Waals surface area contributed by atoms with Gasteiger partial charge in [0.25, 0.3) is 0 Å². The third kappa shape index (κ3) is 4.18. The van der Waals surface area contributed by atoms with E-state index in [9.17, 15) is 13.2 Å². The van der Waals surface area contributed by atoms with Crippen LogP contribution in [0.3, 0.4) is 0 Å². The number of aromatic nitrogens is 2. The highest BCUT2D eigenvalue weighted by atomic mass is 19.4. The fraction of sp³-hybridized carbons (Fsp3) is 0.667. The number of nitrogens with zero attached hydrogens (tertiary/aromatic N) is 2. The van der Waals surface area contributed by atoms with E-state index in [0.717, 1.165) is 6.07 Å². The van der Waals surface area contributed by atoms with E-state index in [4.69, 9.17) is 14.6 Å². The van der Waals surface area contributed by atoms with Crippen LogP contribution in [-0.2, 0) is 10.9 Å². The van der Waals surface area contributed by atoms with Crippen LogP contribution in [0.1, 0.15) is 18.5 Å². The average Bonchev–Trinajstić information content (AvgIpc) is 2.46. The van der Waals surface area contributed by atoms with Crippen LogP contribution in [-0.4, -0.2) is 47.5 Å². The maximum atomic E-state index is 12.7. The lowest BCUT2D eigenvalue weighted by Crippen LogP contribution is -2.36. The van der Waals surface area contributed by atoms with Crippen molar-refractivity contribution >= 4 is 5.95 Å². The van der Waals surface area contributed by atoms with Gasteiger partial charge in [-0.25, -0.2) is 4.98 Å². The van der Waals surface area contributed by atoms with Gasteiger partial charge in [-0.1, -0.05) is 0 Å². The van der Waals surface area contributed by atoms with Gasteiger partial charge in [-0.05, 0) is 12.8 Å². The second kappa shape index (κ2) is 6.44. The summed E-state index contributed by atoms with van der Waals surface area (Å²) in [7, 11) is 1.24. The molecule has 9 heteroatoms. The number of halogens is 3. The molecule has 2 heterocycles. The van der Waals surface area contributed by atoms with E-state index >= 15 is 0 Å². The highest BCUT2D eigenvalue weighted by Gasteiger charge is 2.34. The van der Waals surface area contributed by atoms with Gasteiger partial charge < -0.3 is 19.9 Å². The number of aliphatic hydroxyl groups excluding tert-OH is 1. The summed E-state index contributed by atoms with van der Waals surface area (Å²) in [5.74, 6) is -0.317. The normalized spacial score (nSPS) is 22.9. The number of methoxy groups -OCH3 is 1. The molecule has 0 bridgehead atoms. The van der Waals surface area contributed by atoms with E-state index in [1.807, 2.05) is 0 Å². The van der Waals surface area contributed by atoms with E-state index in [2.05, 4.69) is 15.3 Å². The first kappa shape index (κ1) is 15.8. The number of hydrogen-bond donors (Lipinski definition) is 2. The number of nitrogens with one attached hydrogen (secondary N) is 1. The summed E-state index contributed by atoms with van der Waals surface area (Å²) in [4.78, 5) is 7.30. The SMILES string of the molecule is COc1cc(C(F)(F)F)nc(N[C@H]2CC[C@H](CO)OC2)n1. The van der Waals surface area contributed by atoms with Crippen LogP contribution < -0.4 is 10.1 Å². The second-order valence-corrected chi connectivity index (χ2v) is 4.67. The summed E-state index contributed by atoms with van der Waals surface area (Å²) < 4.78 is 48.3. The van der Waals surface area contributed by atoms with Gasteiger partial charge in [-0.15, -0.1) is 0 Å². The predicted molar refractivity (Wildman–Crippen MR) is 67.1 cm³/mol. The highest BCUT2D eigenvalue weighted by molar-refractivity contribution is 5.33. The molecule has 0 saturated carbocycles. The molecule has 1 aliphatic rings. The molecule has 0 aromatic carbocycles. The van der Waals surface area contributed by atoms with Crippen molar-refractivity contribution in [3.8, 4) is 5.88 Å². The molecule has 2 atom stereocenters. The Morgan fingerprint density at radius 1 is 1.43 bits per heavy atom. The van der Waals surface area contributed by atoms with Crippen LogP contribution in [0, 0.1) is 0 Å². The van der Waals surface area contributed by atoms with E-state index in [0.29, 0.717) is 12.8 Å². The summed E-state index contributed by atoms with van der Waals surface area (Å²) in [6.45, 7) is 0.202. The van der Waals surface area contributed by atoms with Gasteiger partial charge in [-0.2, -0.15) is 18.2 Å². The minimum atomic E-state index is -4.57. The van der Waals surface area contributed by atoms with Crippen LogP contribution in [0.25, 0.3) is 0 Å². The summed E-state index contributed by atoms with van der Waals surface area (Å²) in [6, 6.07) is 0.533. The minimum Gasteiger partial charge on any atom is -0.481 e. The number of aliphatic hydroxyl groups is 1. The topological polar surface area (TPSA) is 76.5 Å². The monoisotopic (exact) mass is 307 g/mol. The predicted octanol–water partition coefficient (Wildman–Crippen LogP) is 1.46. The highest BCUT2D eigenvalue weighted by Crippen LogP contribution is 2.30. The molecule has 6 nitrogen and oxygen atoms in total. The zero-order valence-corrected chi connectivity index (χ0v) is 11.4. The molecule has 0 aliphatic carbocycles. The molecular formula is C12H16F3N3O3. The molecular weight excluding hydrogens is 291 g/mol. The summed E-state index contributed by atoms with van der Waals surface area (Å²) in [5.41, 5.74) is -1.07. The molecule has 0 unspecified atom stereocenters. The first-order chi connectivity index (χ1) is 9.92. The van der Waals surface area contributed by atoms with Gasteiger partial charge in [0.05, 0.1) is 32.5 Å². The van der Waals surface area contributed by atoms with Crippen LogP contribution in [0.4, 0.5) is 19.1 Å². The molecule has 1 fully saturated rings. The summed E-state index contributed by atoms with van der Waals surface area (Å²) in [6.07, 6.45) is -3.53. The molecule has 118 valence electrons. The van der Waals surface area contributed by atoms with Crippen LogP contribution in [0.15, 0.2) is 6.07 Å². The number of hydrogen-bond acceptors (Lipinski definition) is 6. The molecule has 0 amide bonds. The second-order valence-electron chi connectivity index (χ2n) is 4.67. The lowest BCUT2D eigenvalue weighted by molar-refractivity contribution is -0.141. The maximum absolute atomic E-state index is 12.7. The van der Waals surface area contributed by atoms with Crippen molar-refractivity contribution in [3.05, 3.63) is 11.8 Å². The largest absolute Gasteiger partial charge is 0.481 e. The van der Waals surface area contributed by atoms with Crippen LogP contribution in [0.5, 0.6) is 5.88 Å². The minimum absolute atomic E-state index is 0.0688. The zero-order valence-electron chi connectivity index (χ0n) is 11.4. The number of anilines is 1. The number of ether oxygens (including phenoxy) is 2. The van der Waals surface area contributed by atoms with Gasteiger partial charge in [0, 0.05) is 6.07 Å². The summed E-state index contributed by atoms with van der Waals surface area (Å²) >= 11 is 0. The van der Waals surface area contributed by atoms with E-state index in [-0.39, 0.29) is 37.2 Å². The maximum Gasteiger partial charge on any atom is 0.433 e. The van der Waals surface area contributed by atoms with E-state index in [1.54, 1.807) is 0 Å². The molecule has 1 aromatic heterocycles. The van der Waals surface area contributed by atoms with Gasteiger partial charge in [-0.3, -0.25) is 0 Å². The summed E-state index contributed by atoms with van der Waals surface area (Å²) in [5, 5.41) is 11.8. The molecule has 21 heavy (non-hydrogen) atoms. The Morgan fingerprint density at radius 2 is 2.19 bits per heavy atom. The molecule has 0 radical (unpaired) electrons. The Morgan fingerprint density at radius 3 is 2.71 bits per heavy atom. The van der Waals surface area contributed by atoms with Gasteiger partial charge >= 0.3 is 6.18 Å². The van der Waals surface area contributed by atoms with Crippen molar-refractivity contribution in [3.63, 3.8) is 0 Å². The fourth-order valence-electron chi connectivity index (χ4n) is 1.99. The van der Waals surface area contributed by atoms with Crippen molar-refractivity contribution in [2.45, 2.75) is 31.2 Å². The Balaban J connectivity index is 2.09. The van der Waals surface area contributed by atoms with Crippen molar-refractivity contribution in [2.75, 3.05) is 25.6 Å². The van der Waals surface area contributed by atoms with Gasteiger partial charge in [0.1, 0.15) is 0 Å². The van der Waals surface area contributed by atoms with E-state index in [1.165, 1.54) is 7.11 Å². The molecule has 2 rings (SSSR count). The van der Waals surface area contributed by atoms with Crippen LogP contribution in [0.2, 0.25) is 0 Å². The quantitative estimate of drug-likeness (QED) is 0.877. The molecule has 1 aromatic rings. The molecule has 0 spiro atoms. The standard InChI is InChI=1S/C12H16F3N3O3/c1-20-10-4-9(12(13,14)15)17-11(18-10)16-7-2-3-8(5-19)21-6-7/h4,7-8,19H,2-3,5-6H2,1H3,(H,16,17,18)/t7-,8+/m0/s1. The van der Waals surface area contributed by atoms with Crippen LogP contribution >= 0.6 is 0 Å². The first-order valence-electron chi connectivity index (χ1n) is 6.41. The van der Waals surface area contributed by atoms with Crippen molar-refractivity contribution in [2.24, 2.45) is 0 Å². The number of alkyl halides is 3. The lowest BCUT2D eigenvalue weighted by Gasteiger charge is -2.28. The fourth-order valence-corrected chi connectivity index (χ4v) is 1.99. The molecule has 2 N–H and O–H groups in total. The Kier molecular flexibility index (Phi) is 4.84. The Hall–Kier alpha value is -1.61. The third-order valence-electron chi connectivity index (χ3n) is 3.11. The molecule has 1 aliphatic heterocycles. The Bertz CT molecular complexity index is 477.